The average Bonchev–Trinajstić information content (AvgIpc) is 2.73. The maximum absolute atomic E-state index is 13.3. The van der Waals surface area contributed by atoms with E-state index in [9.17, 15) is 14.0 Å². The lowest BCUT2D eigenvalue weighted by Crippen LogP contribution is -2.45. The Labute approximate surface area is 205 Å². The third kappa shape index (κ3) is 9.35. The summed E-state index contributed by atoms with van der Waals surface area (Å²) in [5.41, 5.74) is 7.71. The Morgan fingerprint density at radius 3 is 2.35 bits per heavy atom. The van der Waals surface area contributed by atoms with Crippen molar-refractivity contribution >= 4 is 40.6 Å². The number of nitrogens with two attached hydrogens (primary N) is 1. The summed E-state index contributed by atoms with van der Waals surface area (Å²) in [6, 6.07) is 10.4. The van der Waals surface area contributed by atoms with Crippen LogP contribution in [0.25, 0.3) is 11.1 Å². The fourth-order valence-electron chi connectivity index (χ4n) is 3.16. The van der Waals surface area contributed by atoms with E-state index in [1.807, 2.05) is 0 Å². The summed E-state index contributed by atoms with van der Waals surface area (Å²) >= 11 is 5.00. The second-order valence-corrected chi connectivity index (χ2v) is 9.59. The number of carbonyl (C=O) groups excluding carboxylic acids is 2. The molecule has 0 heterocycles. The second kappa shape index (κ2) is 12.3. The van der Waals surface area contributed by atoms with E-state index in [4.69, 9.17) is 22.7 Å². The summed E-state index contributed by atoms with van der Waals surface area (Å²) in [6.07, 6.45) is 1.18. The van der Waals surface area contributed by atoms with E-state index in [0.29, 0.717) is 35.7 Å². The van der Waals surface area contributed by atoms with Crippen molar-refractivity contribution < 1.29 is 18.7 Å². The molecule has 5 N–H and O–H groups in total. The fraction of sp³-hybridized carbons (Fsp3) is 0.400. The van der Waals surface area contributed by atoms with Gasteiger partial charge in [-0.25, -0.2) is 9.18 Å². The van der Waals surface area contributed by atoms with Crippen molar-refractivity contribution in [1.29, 1.82) is 0 Å². The van der Waals surface area contributed by atoms with Crippen LogP contribution in [0, 0.1) is 5.82 Å². The molecule has 0 spiro atoms. The molecule has 0 fully saturated rings. The van der Waals surface area contributed by atoms with Gasteiger partial charge in [-0.15, -0.1) is 0 Å². The van der Waals surface area contributed by atoms with E-state index in [1.165, 1.54) is 12.1 Å². The summed E-state index contributed by atoms with van der Waals surface area (Å²) in [5.74, 6) is -0.743. The molecule has 0 aliphatic rings. The maximum atomic E-state index is 13.3. The molecule has 2 amide bonds. The zero-order chi connectivity index (χ0) is 25.3. The number of hydrogen-bond acceptors (Lipinski definition) is 5. The van der Waals surface area contributed by atoms with Crippen LogP contribution in [0.3, 0.4) is 0 Å². The first kappa shape index (κ1) is 27.0. The zero-order valence-electron chi connectivity index (χ0n) is 20.0. The highest BCUT2D eigenvalue weighted by Crippen LogP contribution is 2.28. The van der Waals surface area contributed by atoms with Gasteiger partial charge >= 0.3 is 6.09 Å². The van der Waals surface area contributed by atoms with E-state index >= 15 is 0 Å². The first-order chi connectivity index (χ1) is 15.9. The maximum Gasteiger partial charge on any atom is 0.408 e. The topological polar surface area (TPSA) is 105 Å². The predicted molar refractivity (Wildman–Crippen MR) is 138 cm³/mol. The van der Waals surface area contributed by atoms with Crippen molar-refractivity contribution in [3.63, 3.8) is 0 Å². The number of nitrogens with one attached hydrogen (secondary N) is 3. The molecule has 9 heteroatoms. The van der Waals surface area contributed by atoms with Crippen molar-refractivity contribution in [2.75, 3.05) is 17.6 Å². The van der Waals surface area contributed by atoms with Gasteiger partial charge in [-0.05, 0) is 82.3 Å². The van der Waals surface area contributed by atoms with Crippen molar-refractivity contribution in [2.24, 2.45) is 0 Å². The number of halogens is 1. The minimum atomic E-state index is -0.822. The Hall–Kier alpha value is -3.20. The Bertz CT molecular complexity index is 1010. The molecule has 0 saturated carbocycles. The zero-order valence-corrected chi connectivity index (χ0v) is 20.9. The number of amides is 2. The standard InChI is InChI=1S/C25H33FN4O3S/c1-16(34)28-14-6-5-7-21(30-24(32)33-25(2,3)4)23(31)29-22-15-18(10-13-20(22)27)17-8-11-19(26)12-9-17/h8-13,15,21H,5-7,14,27H2,1-4H3,(H,28,34)(H,29,31)(H,30,32)/t21-/m0/s1. The number of anilines is 2. The summed E-state index contributed by atoms with van der Waals surface area (Å²) in [5, 5.41) is 8.55. The Balaban J connectivity index is 2.14. The third-order valence-corrected chi connectivity index (χ3v) is 4.93. The molecule has 2 rings (SSSR count). The third-order valence-electron chi connectivity index (χ3n) is 4.79. The number of unbranched alkanes of at least 4 members (excludes halogenated alkanes) is 1. The van der Waals surface area contributed by atoms with Crippen LogP contribution in [0.15, 0.2) is 42.5 Å². The van der Waals surface area contributed by atoms with Gasteiger partial charge < -0.3 is 26.4 Å². The molecule has 7 nitrogen and oxygen atoms in total. The number of carbonyl (C=O) groups is 2. The number of alkyl carbamates (subject to hydrolysis) is 1. The van der Waals surface area contributed by atoms with Gasteiger partial charge in [-0.2, -0.15) is 0 Å². The van der Waals surface area contributed by atoms with Crippen molar-refractivity contribution in [3.8, 4) is 11.1 Å². The average molecular weight is 489 g/mol. The fourth-order valence-corrected chi connectivity index (χ4v) is 3.26. The number of rotatable bonds is 9. The minimum absolute atomic E-state index is 0.334. The van der Waals surface area contributed by atoms with Crippen LogP contribution in [0.2, 0.25) is 0 Å². The quantitative estimate of drug-likeness (QED) is 0.225. The van der Waals surface area contributed by atoms with Gasteiger partial charge in [0.05, 0.1) is 16.4 Å². The van der Waals surface area contributed by atoms with Gasteiger partial charge in [-0.3, -0.25) is 4.79 Å². The van der Waals surface area contributed by atoms with Crippen LogP contribution in [-0.2, 0) is 9.53 Å². The Morgan fingerprint density at radius 2 is 1.74 bits per heavy atom. The molecule has 34 heavy (non-hydrogen) atoms. The van der Waals surface area contributed by atoms with Crippen LogP contribution < -0.4 is 21.7 Å². The molecule has 0 saturated heterocycles. The van der Waals surface area contributed by atoms with Gasteiger partial charge in [0.2, 0.25) is 5.91 Å². The van der Waals surface area contributed by atoms with Gasteiger partial charge in [0.1, 0.15) is 17.5 Å². The molecule has 184 valence electrons. The molecule has 1 atom stereocenters. The minimum Gasteiger partial charge on any atom is -0.444 e. The number of hydrogen-bond donors (Lipinski definition) is 4. The number of nitrogen functional groups attached to an aromatic ring is 1. The highest BCUT2D eigenvalue weighted by Gasteiger charge is 2.24. The molecule has 0 aliphatic heterocycles. The number of thiocarbonyl (C=S) groups is 1. The lowest BCUT2D eigenvalue weighted by atomic mass is 10.0. The van der Waals surface area contributed by atoms with Crippen LogP contribution in [0.1, 0.15) is 47.0 Å². The van der Waals surface area contributed by atoms with Crippen molar-refractivity contribution in [1.82, 2.24) is 10.6 Å². The summed E-state index contributed by atoms with van der Waals surface area (Å²) in [6.45, 7) is 7.75. The molecule has 0 radical (unpaired) electrons. The molecule has 2 aromatic carbocycles. The Kier molecular flexibility index (Phi) is 9.80. The smallest absolute Gasteiger partial charge is 0.408 e. The predicted octanol–water partition coefficient (Wildman–Crippen LogP) is 5.01. The van der Waals surface area contributed by atoms with Crippen LogP contribution in [0.5, 0.6) is 0 Å². The largest absolute Gasteiger partial charge is 0.444 e. The first-order valence-corrected chi connectivity index (χ1v) is 11.6. The molecule has 2 aromatic rings. The second-order valence-electron chi connectivity index (χ2n) is 8.98. The van der Waals surface area contributed by atoms with E-state index in [-0.39, 0.29) is 5.82 Å². The van der Waals surface area contributed by atoms with Crippen molar-refractivity contribution in [2.45, 2.75) is 58.6 Å². The lowest BCUT2D eigenvalue weighted by molar-refractivity contribution is -0.118. The van der Waals surface area contributed by atoms with E-state index in [1.54, 1.807) is 58.0 Å². The molecular weight excluding hydrogens is 455 g/mol. The summed E-state index contributed by atoms with van der Waals surface area (Å²) < 4.78 is 18.6. The van der Waals surface area contributed by atoms with Gasteiger partial charge in [-0.1, -0.05) is 30.4 Å². The van der Waals surface area contributed by atoms with E-state index in [0.717, 1.165) is 17.5 Å². The molecule has 0 aromatic heterocycles. The highest BCUT2D eigenvalue weighted by atomic mass is 32.1. The Morgan fingerprint density at radius 1 is 1.09 bits per heavy atom. The SMILES string of the molecule is CC(=S)NCCCC[C@H](NC(=O)OC(C)(C)C)C(=O)Nc1cc(-c2ccc(F)cc2)ccc1N. The molecular formula is C25H33FN4O3S. The molecule has 0 bridgehead atoms. The van der Waals surface area contributed by atoms with Crippen LogP contribution in [0.4, 0.5) is 20.6 Å². The van der Waals surface area contributed by atoms with Crippen molar-refractivity contribution in [3.05, 3.63) is 48.3 Å². The van der Waals surface area contributed by atoms with Crippen LogP contribution in [-0.4, -0.2) is 35.2 Å². The number of ether oxygens (including phenoxy) is 1. The van der Waals surface area contributed by atoms with Crippen LogP contribution >= 0.6 is 12.2 Å². The first-order valence-electron chi connectivity index (χ1n) is 11.1. The van der Waals surface area contributed by atoms with E-state index in [2.05, 4.69) is 16.0 Å². The molecule has 0 unspecified atom stereocenters. The van der Waals surface area contributed by atoms with E-state index < -0.39 is 23.6 Å². The summed E-state index contributed by atoms with van der Waals surface area (Å²) in [4.78, 5) is 26.2. The summed E-state index contributed by atoms with van der Waals surface area (Å²) in [7, 11) is 0. The highest BCUT2D eigenvalue weighted by molar-refractivity contribution is 7.80. The monoisotopic (exact) mass is 488 g/mol. The van der Waals surface area contributed by atoms with Gasteiger partial charge in [0, 0.05) is 6.54 Å². The lowest BCUT2D eigenvalue weighted by Gasteiger charge is -2.23. The normalized spacial score (nSPS) is 11.9. The molecule has 0 aliphatic carbocycles. The number of benzene rings is 2. The van der Waals surface area contributed by atoms with Gasteiger partial charge in [0.25, 0.3) is 0 Å². The van der Waals surface area contributed by atoms with Gasteiger partial charge in [0.15, 0.2) is 0 Å².